The summed E-state index contributed by atoms with van der Waals surface area (Å²) in [6.07, 6.45) is 15.2. The largest absolute Gasteiger partial charge is 0.351 e. The lowest BCUT2D eigenvalue weighted by Crippen LogP contribution is -2.54. The third-order valence-corrected chi connectivity index (χ3v) is 11.5. The molecule has 0 saturated heterocycles. The van der Waals surface area contributed by atoms with E-state index in [1.807, 2.05) is 26.0 Å². The number of hydrogen-bond acceptors (Lipinski definition) is 5. The van der Waals surface area contributed by atoms with Crippen LogP contribution in [0, 0.1) is 17.3 Å². The number of anilines is 1. The molecule has 4 aliphatic rings. The Kier molecular flexibility index (Phi) is 10.2. The lowest BCUT2D eigenvalue weighted by Gasteiger charge is -2.44. The molecule has 1 amide bonds. The minimum Gasteiger partial charge on any atom is -0.351 e. The van der Waals surface area contributed by atoms with Crippen molar-refractivity contribution in [1.82, 2.24) is 10.2 Å². The van der Waals surface area contributed by atoms with E-state index in [-0.39, 0.29) is 6.04 Å². The summed E-state index contributed by atoms with van der Waals surface area (Å²) in [5.74, 6) is 1.23. The van der Waals surface area contributed by atoms with Crippen molar-refractivity contribution in [2.45, 2.75) is 103 Å². The number of thiophene rings is 1. The van der Waals surface area contributed by atoms with Gasteiger partial charge in [-0.05, 0) is 102 Å². The zero-order valence-electron chi connectivity index (χ0n) is 25.3. The van der Waals surface area contributed by atoms with Crippen molar-refractivity contribution in [2.75, 3.05) is 26.0 Å². The fourth-order valence-corrected chi connectivity index (χ4v) is 8.89. The van der Waals surface area contributed by atoms with Crippen LogP contribution in [0.3, 0.4) is 0 Å². The van der Waals surface area contributed by atoms with Crippen LogP contribution < -0.4 is 10.2 Å². The summed E-state index contributed by atoms with van der Waals surface area (Å²) in [6, 6.07) is 2.60. The Morgan fingerprint density at radius 1 is 1.05 bits per heavy atom. The van der Waals surface area contributed by atoms with Crippen LogP contribution in [0.2, 0.25) is 0 Å². The SMILES string of the molecule is CC1CCC(C2=S=C(O)c3sc(C4=CCC(C)(C)CC4)cc3N2C2CCC(C=O)(NC=O)CC2)CC1.CN(C)C. The van der Waals surface area contributed by atoms with E-state index in [1.54, 1.807) is 22.3 Å². The van der Waals surface area contributed by atoms with E-state index >= 15 is 0 Å². The molecular weight excluding hydrogens is 539 g/mol. The van der Waals surface area contributed by atoms with Crippen molar-refractivity contribution in [2.24, 2.45) is 17.3 Å². The van der Waals surface area contributed by atoms with Gasteiger partial charge in [-0.2, -0.15) is 0 Å². The number of aliphatic hydroxyl groups is 1. The number of nitrogens with zero attached hydrogens (tertiary/aromatic N) is 2. The predicted octanol–water partition coefficient (Wildman–Crippen LogP) is 6.69. The molecule has 1 aromatic rings. The highest BCUT2D eigenvalue weighted by Gasteiger charge is 2.41. The first-order chi connectivity index (χ1) is 19.0. The number of aliphatic hydroxyl groups excluding tert-OH is 1. The summed E-state index contributed by atoms with van der Waals surface area (Å²) in [7, 11) is 7.58. The van der Waals surface area contributed by atoms with E-state index in [4.69, 9.17) is 0 Å². The zero-order valence-corrected chi connectivity index (χ0v) is 26.9. The van der Waals surface area contributed by atoms with Crippen molar-refractivity contribution in [3.05, 3.63) is 21.9 Å². The van der Waals surface area contributed by atoms with E-state index in [9.17, 15) is 14.7 Å². The zero-order chi connectivity index (χ0) is 29.1. The van der Waals surface area contributed by atoms with Gasteiger partial charge in [-0.3, -0.25) is 4.79 Å². The lowest BCUT2D eigenvalue weighted by atomic mass is 9.78. The summed E-state index contributed by atoms with van der Waals surface area (Å²) in [4.78, 5) is 31.2. The lowest BCUT2D eigenvalue weighted by molar-refractivity contribution is -0.120. The molecule has 2 heterocycles. The summed E-state index contributed by atoms with van der Waals surface area (Å²) in [5, 5.41) is 14.5. The number of allylic oxidation sites excluding steroid dienone is 2. The standard InChI is InChI=1S/C29H40N2O3S2.C3H9N/c1-19-4-6-21(7-5-19)26-31(22-10-14-29(17-32,15-11-22)30-18-33)23-16-24(35-25(23)27(34)36-26)20-8-12-28(2,3)13-9-20;1-4(2)3/h8,16-19,21-22,34H,4-7,9-15H2,1-3H3,(H,30,33);1-3H3. The highest BCUT2D eigenvalue weighted by molar-refractivity contribution is 7.98. The van der Waals surface area contributed by atoms with Crippen LogP contribution >= 0.6 is 22.3 Å². The maximum Gasteiger partial charge on any atom is 0.207 e. The van der Waals surface area contributed by atoms with Crippen molar-refractivity contribution >= 4 is 56.3 Å². The number of amides is 1. The molecule has 40 heavy (non-hydrogen) atoms. The third-order valence-electron chi connectivity index (χ3n) is 9.04. The Hall–Kier alpha value is -1.74. The Labute approximate surface area is 248 Å². The van der Waals surface area contributed by atoms with Crippen LogP contribution in [0.5, 0.6) is 0 Å². The first kappa shape index (κ1) is 31.2. The minimum atomic E-state index is -0.738. The average molecular weight is 588 g/mol. The number of nitrogens with one attached hydrogen (secondary N) is 1. The van der Waals surface area contributed by atoms with Gasteiger partial charge in [0.1, 0.15) is 11.3 Å². The molecular formula is C32H49N3O3S2. The molecule has 2 fully saturated rings. The highest BCUT2D eigenvalue weighted by Crippen LogP contribution is 2.46. The molecule has 0 spiro atoms. The van der Waals surface area contributed by atoms with Gasteiger partial charge in [0, 0.05) is 16.8 Å². The van der Waals surface area contributed by atoms with Crippen LogP contribution in [0.25, 0.3) is 5.57 Å². The van der Waals surface area contributed by atoms with E-state index in [0.717, 1.165) is 61.3 Å². The fourth-order valence-electron chi connectivity index (χ4n) is 6.44. The second kappa shape index (κ2) is 13.1. The highest BCUT2D eigenvalue weighted by atomic mass is 32.1. The first-order valence-electron chi connectivity index (χ1n) is 15.0. The number of carbonyl (C=O) groups excluding carboxylic acids is 2. The van der Waals surface area contributed by atoms with Crippen molar-refractivity contribution in [3.8, 4) is 0 Å². The third kappa shape index (κ3) is 7.18. The van der Waals surface area contributed by atoms with Crippen molar-refractivity contribution in [3.63, 3.8) is 0 Å². The number of aldehydes is 1. The Morgan fingerprint density at radius 2 is 1.70 bits per heavy atom. The van der Waals surface area contributed by atoms with E-state index in [1.165, 1.54) is 34.7 Å². The normalized spacial score (nSPS) is 29.9. The monoisotopic (exact) mass is 587 g/mol. The Bertz CT molecular complexity index is 1160. The van der Waals surface area contributed by atoms with Gasteiger partial charge in [0.05, 0.1) is 21.1 Å². The molecule has 2 N–H and O–H groups in total. The molecule has 0 aromatic carbocycles. The van der Waals surface area contributed by atoms with Gasteiger partial charge < -0.3 is 25.0 Å². The average Bonchev–Trinajstić information content (AvgIpc) is 3.35. The molecule has 8 heteroatoms. The number of carbonyl (C=O) groups is 2. The fraction of sp³-hybridized carbons (Fsp3) is 0.688. The van der Waals surface area contributed by atoms with Gasteiger partial charge in [-0.15, -0.1) is 11.3 Å². The molecule has 6 nitrogen and oxygen atoms in total. The van der Waals surface area contributed by atoms with E-state index in [2.05, 4.69) is 43.1 Å². The topological polar surface area (TPSA) is 72.9 Å². The number of fused-ring (bicyclic) bond motifs is 1. The predicted molar refractivity (Wildman–Crippen MR) is 173 cm³/mol. The molecule has 2 saturated carbocycles. The van der Waals surface area contributed by atoms with Crippen LogP contribution in [-0.4, -0.2) is 65.5 Å². The molecule has 1 aliphatic heterocycles. The second-order valence-corrected chi connectivity index (χ2v) is 15.7. The summed E-state index contributed by atoms with van der Waals surface area (Å²) in [6.45, 7) is 7.02. The maximum absolute atomic E-state index is 11.9. The molecule has 222 valence electrons. The van der Waals surface area contributed by atoms with Gasteiger partial charge in [0.15, 0.2) is 0 Å². The molecule has 1 aromatic heterocycles. The summed E-state index contributed by atoms with van der Waals surface area (Å²) < 4.78 is 0. The summed E-state index contributed by atoms with van der Waals surface area (Å²) >= 11 is 1.73. The van der Waals surface area contributed by atoms with Gasteiger partial charge in [-0.1, -0.05) is 50.6 Å². The van der Waals surface area contributed by atoms with Crippen molar-refractivity contribution in [1.29, 1.82) is 0 Å². The van der Waals surface area contributed by atoms with Gasteiger partial charge >= 0.3 is 0 Å². The molecule has 0 radical (unpaired) electrons. The van der Waals surface area contributed by atoms with Crippen LogP contribution in [-0.2, 0) is 9.59 Å². The Morgan fingerprint density at radius 3 is 2.25 bits per heavy atom. The number of hydrogen-bond donors (Lipinski definition) is 2. The van der Waals surface area contributed by atoms with Crippen LogP contribution in [0.1, 0.15) is 101 Å². The second-order valence-electron chi connectivity index (χ2n) is 13.6. The van der Waals surface area contributed by atoms with Gasteiger partial charge in [0.25, 0.3) is 0 Å². The summed E-state index contributed by atoms with van der Waals surface area (Å²) in [5.41, 5.74) is 2.19. The molecule has 0 bridgehead atoms. The maximum atomic E-state index is 11.9. The van der Waals surface area contributed by atoms with Crippen LogP contribution in [0.4, 0.5) is 5.69 Å². The molecule has 0 unspecified atom stereocenters. The van der Waals surface area contributed by atoms with Crippen molar-refractivity contribution < 1.29 is 14.7 Å². The smallest absolute Gasteiger partial charge is 0.207 e. The quantitative estimate of drug-likeness (QED) is 0.287. The van der Waals surface area contributed by atoms with Gasteiger partial charge in [-0.25, -0.2) is 0 Å². The number of rotatable bonds is 6. The van der Waals surface area contributed by atoms with Crippen LogP contribution in [0.15, 0.2) is 12.1 Å². The first-order valence-corrected chi connectivity index (χ1v) is 16.6. The Balaban J connectivity index is 0.000000867. The molecule has 5 rings (SSSR count). The molecule has 3 aliphatic carbocycles. The van der Waals surface area contributed by atoms with Gasteiger partial charge in [0.2, 0.25) is 6.41 Å². The minimum absolute atomic E-state index is 0.266. The van der Waals surface area contributed by atoms with E-state index in [0.29, 0.717) is 35.6 Å². The van der Waals surface area contributed by atoms with E-state index < -0.39 is 5.54 Å². The molecule has 0 atom stereocenters.